The minimum atomic E-state index is -0.454. The van der Waals surface area contributed by atoms with E-state index < -0.39 is 6.04 Å². The van der Waals surface area contributed by atoms with Crippen molar-refractivity contribution in [3.05, 3.63) is 11.7 Å². The molecule has 2 heterocycles. The fourth-order valence-corrected chi connectivity index (χ4v) is 2.39. The van der Waals surface area contributed by atoms with Crippen LogP contribution in [0.5, 0.6) is 0 Å². The Bertz CT molecular complexity index is 470. The Kier molecular flexibility index (Phi) is 4.13. The van der Waals surface area contributed by atoms with E-state index in [4.69, 9.17) is 10.3 Å². The average Bonchev–Trinajstić information content (AvgIpc) is 2.83. The number of carbonyl (C=O) groups excluding carboxylic acids is 1. The first-order chi connectivity index (χ1) is 9.29. The van der Waals surface area contributed by atoms with E-state index in [1.807, 2.05) is 32.6 Å². The van der Waals surface area contributed by atoms with Crippen molar-refractivity contribution in [1.82, 2.24) is 15.0 Å². The Balaban J connectivity index is 1.93. The van der Waals surface area contributed by atoms with Gasteiger partial charge in [0.15, 0.2) is 5.82 Å². The molecule has 2 N–H and O–H groups in total. The van der Waals surface area contributed by atoms with Crippen LogP contribution >= 0.6 is 0 Å². The average molecular weight is 280 g/mol. The van der Waals surface area contributed by atoms with Crippen LogP contribution in [0.1, 0.15) is 51.2 Å². The predicted molar refractivity (Wildman–Crippen MR) is 75.0 cm³/mol. The van der Waals surface area contributed by atoms with Gasteiger partial charge in [0.25, 0.3) is 0 Å². The fraction of sp³-hybridized carbons (Fsp3) is 0.786. The molecule has 0 bridgehead atoms. The largest absolute Gasteiger partial charge is 0.341 e. The summed E-state index contributed by atoms with van der Waals surface area (Å²) in [5.74, 6) is 1.65. The Labute approximate surface area is 119 Å². The summed E-state index contributed by atoms with van der Waals surface area (Å²) >= 11 is 0. The van der Waals surface area contributed by atoms with Crippen molar-refractivity contribution in [2.75, 3.05) is 13.1 Å². The number of hydrogen-bond acceptors (Lipinski definition) is 5. The molecule has 1 fully saturated rings. The van der Waals surface area contributed by atoms with E-state index in [0.717, 1.165) is 12.8 Å². The Morgan fingerprint density at radius 1 is 1.40 bits per heavy atom. The van der Waals surface area contributed by atoms with E-state index >= 15 is 0 Å². The monoisotopic (exact) mass is 280 g/mol. The first kappa shape index (κ1) is 15.0. The van der Waals surface area contributed by atoms with Gasteiger partial charge in [-0.25, -0.2) is 0 Å². The van der Waals surface area contributed by atoms with Crippen LogP contribution in [0.3, 0.4) is 0 Å². The third kappa shape index (κ3) is 3.17. The molecule has 6 heteroatoms. The molecule has 2 rings (SSSR count). The van der Waals surface area contributed by atoms with Gasteiger partial charge in [-0.1, -0.05) is 25.9 Å². The lowest BCUT2D eigenvalue weighted by atomic mass is 9.86. The Morgan fingerprint density at radius 2 is 2.00 bits per heavy atom. The van der Waals surface area contributed by atoms with Crippen LogP contribution in [-0.4, -0.2) is 40.1 Å². The summed E-state index contributed by atoms with van der Waals surface area (Å²) in [6, 6.07) is -0.454. The molecule has 0 aliphatic carbocycles. The summed E-state index contributed by atoms with van der Waals surface area (Å²) < 4.78 is 5.21. The zero-order chi connectivity index (χ0) is 14.9. The maximum absolute atomic E-state index is 12.3. The molecular formula is C14H24N4O2. The van der Waals surface area contributed by atoms with Crippen LogP contribution in [-0.2, 0) is 4.79 Å². The van der Waals surface area contributed by atoms with Crippen molar-refractivity contribution in [2.45, 2.75) is 52.5 Å². The number of likely N-dealkylation sites (tertiary alicyclic amines) is 1. The lowest BCUT2D eigenvalue weighted by Gasteiger charge is -2.35. The minimum absolute atomic E-state index is 0.0395. The number of carbonyl (C=O) groups is 1. The molecule has 1 amide bonds. The minimum Gasteiger partial charge on any atom is -0.341 e. The highest BCUT2D eigenvalue weighted by atomic mass is 16.5. The number of rotatable bonds is 2. The van der Waals surface area contributed by atoms with Gasteiger partial charge >= 0.3 is 0 Å². The quantitative estimate of drug-likeness (QED) is 0.886. The number of nitrogens with two attached hydrogens (primary N) is 1. The zero-order valence-corrected chi connectivity index (χ0v) is 12.7. The first-order valence-corrected chi connectivity index (χ1v) is 7.13. The molecule has 112 valence electrons. The molecular weight excluding hydrogens is 256 g/mol. The number of nitrogens with zero attached hydrogens (tertiary/aromatic N) is 3. The summed E-state index contributed by atoms with van der Waals surface area (Å²) in [7, 11) is 0. The lowest BCUT2D eigenvalue weighted by molar-refractivity contribution is -0.136. The standard InChI is InChI=1S/C14H24N4O2/c1-9-16-12(20-17-9)10-5-7-18(8-6-10)13(19)11(15)14(2,3)4/h10-11H,5-8,15H2,1-4H3/t11-/m1/s1. The second kappa shape index (κ2) is 5.52. The molecule has 0 radical (unpaired) electrons. The van der Waals surface area contributed by atoms with E-state index in [1.54, 1.807) is 0 Å². The van der Waals surface area contributed by atoms with Gasteiger partial charge in [-0.15, -0.1) is 0 Å². The van der Waals surface area contributed by atoms with E-state index in [2.05, 4.69) is 10.1 Å². The van der Waals surface area contributed by atoms with Gasteiger partial charge in [0, 0.05) is 19.0 Å². The van der Waals surface area contributed by atoms with Gasteiger partial charge in [-0.05, 0) is 25.2 Å². The van der Waals surface area contributed by atoms with E-state index in [9.17, 15) is 4.79 Å². The van der Waals surface area contributed by atoms with Gasteiger partial charge in [0.1, 0.15) is 0 Å². The maximum atomic E-state index is 12.3. The number of amides is 1. The topological polar surface area (TPSA) is 85.2 Å². The van der Waals surface area contributed by atoms with Crippen LogP contribution < -0.4 is 5.73 Å². The maximum Gasteiger partial charge on any atom is 0.240 e. The molecule has 20 heavy (non-hydrogen) atoms. The van der Waals surface area contributed by atoms with Crippen molar-refractivity contribution in [1.29, 1.82) is 0 Å². The third-order valence-corrected chi connectivity index (χ3v) is 3.90. The molecule has 0 spiro atoms. The zero-order valence-electron chi connectivity index (χ0n) is 12.7. The highest BCUT2D eigenvalue weighted by Crippen LogP contribution is 2.28. The summed E-state index contributed by atoms with van der Waals surface area (Å²) in [6.07, 6.45) is 1.70. The molecule has 1 aliphatic heterocycles. The second-order valence-electron chi connectivity index (χ2n) is 6.62. The van der Waals surface area contributed by atoms with Crippen LogP contribution in [0, 0.1) is 12.3 Å². The number of aryl methyl sites for hydroxylation is 1. The van der Waals surface area contributed by atoms with Gasteiger partial charge in [0.2, 0.25) is 11.8 Å². The summed E-state index contributed by atoms with van der Waals surface area (Å²) in [4.78, 5) is 18.5. The van der Waals surface area contributed by atoms with Crippen molar-refractivity contribution >= 4 is 5.91 Å². The molecule has 0 saturated carbocycles. The van der Waals surface area contributed by atoms with Crippen LogP contribution in [0.25, 0.3) is 0 Å². The lowest BCUT2D eigenvalue weighted by Crippen LogP contribution is -2.52. The molecule has 1 saturated heterocycles. The second-order valence-corrected chi connectivity index (χ2v) is 6.62. The highest BCUT2D eigenvalue weighted by Gasteiger charge is 2.34. The molecule has 1 aromatic rings. The summed E-state index contributed by atoms with van der Waals surface area (Å²) in [5, 5.41) is 3.82. The molecule has 0 unspecified atom stereocenters. The van der Waals surface area contributed by atoms with E-state index in [-0.39, 0.29) is 17.2 Å². The Hall–Kier alpha value is -1.43. The molecule has 1 aromatic heterocycles. The van der Waals surface area contributed by atoms with Crippen LogP contribution in [0.4, 0.5) is 0 Å². The van der Waals surface area contributed by atoms with Crippen molar-refractivity contribution in [3.63, 3.8) is 0 Å². The first-order valence-electron chi connectivity index (χ1n) is 7.13. The van der Waals surface area contributed by atoms with Gasteiger partial charge in [-0.2, -0.15) is 4.98 Å². The van der Waals surface area contributed by atoms with Crippen molar-refractivity contribution in [2.24, 2.45) is 11.1 Å². The highest BCUT2D eigenvalue weighted by molar-refractivity contribution is 5.82. The SMILES string of the molecule is Cc1noc(C2CCN(C(=O)[C@@H](N)C(C)(C)C)CC2)n1. The number of aromatic nitrogens is 2. The fourth-order valence-electron chi connectivity index (χ4n) is 2.39. The summed E-state index contributed by atoms with van der Waals surface area (Å²) in [5.41, 5.74) is 5.83. The normalized spacial score (nSPS) is 19.1. The molecule has 1 aliphatic rings. The number of hydrogen-bond donors (Lipinski definition) is 1. The van der Waals surface area contributed by atoms with Crippen molar-refractivity contribution in [3.8, 4) is 0 Å². The molecule has 6 nitrogen and oxygen atoms in total. The van der Waals surface area contributed by atoms with E-state index in [0.29, 0.717) is 24.8 Å². The molecule has 1 atom stereocenters. The number of piperidine rings is 1. The third-order valence-electron chi connectivity index (χ3n) is 3.90. The van der Waals surface area contributed by atoms with Crippen LogP contribution in [0.15, 0.2) is 4.52 Å². The van der Waals surface area contributed by atoms with Gasteiger partial charge in [-0.3, -0.25) is 4.79 Å². The van der Waals surface area contributed by atoms with E-state index in [1.165, 1.54) is 0 Å². The van der Waals surface area contributed by atoms with Gasteiger partial charge < -0.3 is 15.2 Å². The Morgan fingerprint density at radius 3 is 2.45 bits per heavy atom. The van der Waals surface area contributed by atoms with Gasteiger partial charge in [0.05, 0.1) is 6.04 Å². The smallest absolute Gasteiger partial charge is 0.240 e. The predicted octanol–water partition coefficient (Wildman–Crippen LogP) is 1.46. The van der Waals surface area contributed by atoms with Crippen LogP contribution in [0.2, 0.25) is 0 Å². The summed E-state index contributed by atoms with van der Waals surface area (Å²) in [6.45, 7) is 9.19. The van der Waals surface area contributed by atoms with Crippen molar-refractivity contribution < 1.29 is 9.32 Å². The molecule has 0 aromatic carbocycles.